The van der Waals surface area contributed by atoms with Crippen LogP contribution >= 0.6 is 0 Å². The number of benzene rings is 1. The molecule has 2 rings (SSSR count). The molecule has 21 heavy (non-hydrogen) atoms. The lowest BCUT2D eigenvalue weighted by Crippen LogP contribution is -2.14. The van der Waals surface area contributed by atoms with Crippen LogP contribution in [0.5, 0.6) is 0 Å². The Balaban J connectivity index is 2.27. The number of anilines is 1. The SMILES string of the molecule is Cc1cncc(NC(=O)c2cccc(C#CCO)c2C)c1. The van der Waals surface area contributed by atoms with Crippen LogP contribution in [-0.4, -0.2) is 22.6 Å². The number of aromatic nitrogens is 1. The lowest BCUT2D eigenvalue weighted by atomic mass is 10.0. The van der Waals surface area contributed by atoms with Gasteiger partial charge in [0.05, 0.1) is 11.9 Å². The third-order valence-electron chi connectivity index (χ3n) is 3.01. The Hall–Kier alpha value is -2.64. The van der Waals surface area contributed by atoms with Crippen LogP contribution in [0.2, 0.25) is 0 Å². The molecule has 2 N–H and O–H groups in total. The van der Waals surface area contributed by atoms with Crippen molar-refractivity contribution in [3.8, 4) is 11.8 Å². The Labute approximate surface area is 123 Å². The zero-order valence-corrected chi connectivity index (χ0v) is 12.0. The number of carbonyl (C=O) groups is 1. The van der Waals surface area contributed by atoms with Crippen LogP contribution in [-0.2, 0) is 0 Å². The van der Waals surface area contributed by atoms with Crippen LogP contribution in [0.4, 0.5) is 5.69 Å². The van der Waals surface area contributed by atoms with E-state index >= 15 is 0 Å². The van der Waals surface area contributed by atoms with Crippen LogP contribution in [0.25, 0.3) is 0 Å². The molecule has 0 aliphatic carbocycles. The maximum absolute atomic E-state index is 12.3. The first-order valence-corrected chi connectivity index (χ1v) is 6.54. The van der Waals surface area contributed by atoms with Gasteiger partial charge in [-0.1, -0.05) is 17.9 Å². The minimum Gasteiger partial charge on any atom is -0.384 e. The third-order valence-corrected chi connectivity index (χ3v) is 3.01. The van der Waals surface area contributed by atoms with Gasteiger partial charge in [0.25, 0.3) is 5.91 Å². The molecule has 0 bridgehead atoms. The van der Waals surface area contributed by atoms with Crippen LogP contribution in [0.1, 0.15) is 27.0 Å². The molecule has 0 radical (unpaired) electrons. The van der Waals surface area contributed by atoms with Crippen molar-refractivity contribution in [2.75, 3.05) is 11.9 Å². The normalized spacial score (nSPS) is 9.67. The Morgan fingerprint density at radius 2 is 2.14 bits per heavy atom. The summed E-state index contributed by atoms with van der Waals surface area (Å²) in [6.45, 7) is 3.55. The van der Waals surface area contributed by atoms with E-state index in [-0.39, 0.29) is 12.5 Å². The van der Waals surface area contributed by atoms with E-state index in [1.165, 1.54) is 0 Å². The smallest absolute Gasteiger partial charge is 0.256 e. The van der Waals surface area contributed by atoms with Crippen LogP contribution in [0.15, 0.2) is 36.7 Å². The van der Waals surface area contributed by atoms with E-state index < -0.39 is 0 Å². The summed E-state index contributed by atoms with van der Waals surface area (Å²) in [7, 11) is 0. The number of aryl methyl sites for hydroxylation is 1. The van der Waals surface area contributed by atoms with Crippen molar-refractivity contribution in [2.45, 2.75) is 13.8 Å². The summed E-state index contributed by atoms with van der Waals surface area (Å²) in [5.74, 6) is 5.23. The molecule has 0 aliphatic rings. The van der Waals surface area contributed by atoms with Crippen molar-refractivity contribution >= 4 is 11.6 Å². The summed E-state index contributed by atoms with van der Waals surface area (Å²) in [5, 5.41) is 11.6. The van der Waals surface area contributed by atoms with Gasteiger partial charge < -0.3 is 10.4 Å². The van der Waals surface area contributed by atoms with Crippen molar-refractivity contribution < 1.29 is 9.90 Å². The number of nitrogens with zero attached hydrogens (tertiary/aromatic N) is 1. The molecule has 0 atom stereocenters. The molecule has 1 amide bonds. The van der Waals surface area contributed by atoms with Crippen LogP contribution < -0.4 is 5.32 Å². The second kappa shape index (κ2) is 6.69. The van der Waals surface area contributed by atoms with E-state index in [4.69, 9.17) is 5.11 Å². The Morgan fingerprint density at radius 3 is 2.86 bits per heavy atom. The Kier molecular flexibility index (Phi) is 4.70. The number of carbonyl (C=O) groups excluding carboxylic acids is 1. The van der Waals surface area contributed by atoms with Crippen LogP contribution in [0, 0.1) is 25.7 Å². The summed E-state index contributed by atoms with van der Waals surface area (Å²) < 4.78 is 0. The number of nitrogens with one attached hydrogen (secondary N) is 1. The molecule has 1 heterocycles. The van der Waals surface area contributed by atoms with Crippen molar-refractivity contribution in [2.24, 2.45) is 0 Å². The number of aliphatic hydroxyl groups is 1. The highest BCUT2D eigenvalue weighted by Gasteiger charge is 2.11. The van der Waals surface area contributed by atoms with E-state index in [0.29, 0.717) is 11.3 Å². The molecule has 0 saturated heterocycles. The average molecular weight is 280 g/mol. The summed E-state index contributed by atoms with van der Waals surface area (Å²) in [5.41, 5.74) is 3.72. The minimum absolute atomic E-state index is 0.201. The Morgan fingerprint density at radius 1 is 1.33 bits per heavy atom. The van der Waals surface area contributed by atoms with Gasteiger partial charge in [0.15, 0.2) is 0 Å². The van der Waals surface area contributed by atoms with Crippen molar-refractivity contribution in [1.82, 2.24) is 4.98 Å². The first kappa shape index (κ1) is 14.8. The number of hydrogen-bond acceptors (Lipinski definition) is 3. The maximum Gasteiger partial charge on any atom is 0.256 e. The zero-order valence-electron chi connectivity index (χ0n) is 12.0. The van der Waals surface area contributed by atoms with Crippen molar-refractivity contribution in [3.05, 3.63) is 58.9 Å². The number of rotatable bonds is 2. The molecule has 2 aromatic rings. The molecule has 4 nitrogen and oxygen atoms in total. The number of amides is 1. The van der Waals surface area contributed by atoms with Gasteiger partial charge in [0.1, 0.15) is 6.61 Å². The van der Waals surface area contributed by atoms with E-state index in [1.807, 2.05) is 26.0 Å². The van der Waals surface area contributed by atoms with Gasteiger partial charge >= 0.3 is 0 Å². The first-order valence-electron chi connectivity index (χ1n) is 6.54. The van der Waals surface area contributed by atoms with Gasteiger partial charge in [-0.15, -0.1) is 0 Å². The average Bonchev–Trinajstić information content (AvgIpc) is 2.46. The molecule has 0 aliphatic heterocycles. The number of aliphatic hydroxyl groups excluding tert-OH is 1. The lowest BCUT2D eigenvalue weighted by molar-refractivity contribution is 0.102. The zero-order chi connectivity index (χ0) is 15.2. The van der Waals surface area contributed by atoms with Crippen LogP contribution in [0.3, 0.4) is 0 Å². The monoisotopic (exact) mass is 280 g/mol. The highest BCUT2D eigenvalue weighted by molar-refractivity contribution is 6.05. The van der Waals surface area contributed by atoms with Gasteiger partial charge in [0, 0.05) is 17.3 Å². The summed E-state index contributed by atoms with van der Waals surface area (Å²) >= 11 is 0. The molecule has 0 fully saturated rings. The molecule has 0 spiro atoms. The van der Waals surface area contributed by atoms with E-state index in [2.05, 4.69) is 22.1 Å². The Bertz CT molecular complexity index is 727. The molecular formula is C17H16N2O2. The van der Waals surface area contributed by atoms with Gasteiger partial charge in [-0.2, -0.15) is 0 Å². The quantitative estimate of drug-likeness (QED) is 0.830. The topological polar surface area (TPSA) is 62.2 Å². The van der Waals surface area contributed by atoms with Gasteiger partial charge in [0.2, 0.25) is 0 Å². The highest BCUT2D eigenvalue weighted by atomic mass is 16.2. The van der Waals surface area contributed by atoms with Crippen molar-refractivity contribution in [3.63, 3.8) is 0 Å². The highest BCUT2D eigenvalue weighted by Crippen LogP contribution is 2.15. The molecule has 1 aromatic carbocycles. The number of pyridine rings is 1. The molecule has 106 valence electrons. The summed E-state index contributed by atoms with van der Waals surface area (Å²) in [6.07, 6.45) is 3.33. The second-order valence-electron chi connectivity index (χ2n) is 4.64. The number of hydrogen-bond donors (Lipinski definition) is 2. The largest absolute Gasteiger partial charge is 0.384 e. The van der Waals surface area contributed by atoms with E-state index in [9.17, 15) is 4.79 Å². The molecule has 4 heteroatoms. The lowest BCUT2D eigenvalue weighted by Gasteiger charge is -2.09. The third kappa shape index (κ3) is 3.68. The predicted octanol–water partition coefficient (Wildman–Crippen LogP) is 2.29. The van der Waals surface area contributed by atoms with Gasteiger partial charge in [-0.3, -0.25) is 9.78 Å². The fourth-order valence-electron chi connectivity index (χ4n) is 1.97. The molecule has 0 saturated carbocycles. The maximum atomic E-state index is 12.3. The van der Waals surface area contributed by atoms with Crippen molar-refractivity contribution in [1.29, 1.82) is 0 Å². The molecule has 0 unspecified atom stereocenters. The van der Waals surface area contributed by atoms with E-state index in [0.717, 1.165) is 16.7 Å². The van der Waals surface area contributed by atoms with Gasteiger partial charge in [-0.05, 0) is 43.2 Å². The summed E-state index contributed by atoms with van der Waals surface area (Å²) in [4.78, 5) is 16.4. The fourth-order valence-corrected chi connectivity index (χ4v) is 1.97. The first-order chi connectivity index (χ1) is 10.1. The molecular weight excluding hydrogens is 264 g/mol. The minimum atomic E-state index is -0.204. The second-order valence-corrected chi connectivity index (χ2v) is 4.64. The van der Waals surface area contributed by atoms with Gasteiger partial charge in [-0.25, -0.2) is 0 Å². The molecule has 1 aromatic heterocycles. The van der Waals surface area contributed by atoms with E-state index in [1.54, 1.807) is 24.5 Å². The fraction of sp³-hybridized carbons (Fsp3) is 0.176. The predicted molar refractivity (Wildman–Crippen MR) is 82.1 cm³/mol. The standard InChI is InChI=1S/C17H16N2O2/c1-12-9-15(11-18-10-12)19-17(21)16-7-3-5-14(13(16)2)6-4-8-20/h3,5,7,9-11,20H,8H2,1-2H3,(H,19,21). The summed E-state index contributed by atoms with van der Waals surface area (Å²) in [6, 6.07) is 7.20.